The van der Waals surface area contributed by atoms with Crippen LogP contribution < -0.4 is 26.6 Å². The van der Waals surface area contributed by atoms with Crippen LogP contribution in [0.3, 0.4) is 0 Å². The Kier molecular flexibility index (Phi) is 9.89. The Morgan fingerprint density at radius 1 is 1.10 bits per heavy atom. The summed E-state index contributed by atoms with van der Waals surface area (Å²) in [5, 5.41) is 17.9. The predicted molar refractivity (Wildman–Crippen MR) is 152 cm³/mol. The molecule has 1 amide bonds. The second-order valence-electron chi connectivity index (χ2n) is 10.0. The van der Waals surface area contributed by atoms with E-state index in [9.17, 15) is 14.4 Å². The Bertz CT molecular complexity index is 1350. The summed E-state index contributed by atoms with van der Waals surface area (Å²) in [5.41, 5.74) is 16.9. The normalized spacial score (nSPS) is 13.6. The summed E-state index contributed by atoms with van der Waals surface area (Å²) in [7, 11) is 0. The number of unbranched alkanes of at least 4 members (excludes halogenated alkanes) is 3. The molecule has 0 bridgehead atoms. The largest absolute Gasteiger partial charge is 0.493 e. The minimum Gasteiger partial charge on any atom is -0.493 e. The van der Waals surface area contributed by atoms with Crippen molar-refractivity contribution < 1.29 is 19.1 Å². The van der Waals surface area contributed by atoms with Gasteiger partial charge in [-0.25, -0.2) is 14.9 Å². The maximum Gasteiger partial charge on any atom is 0.243 e. The average molecular weight is 547 g/mol. The van der Waals surface area contributed by atoms with Crippen LogP contribution in [0.2, 0.25) is 0 Å². The molecule has 2 aromatic carbocycles. The van der Waals surface area contributed by atoms with Gasteiger partial charge < -0.3 is 21.1 Å². The van der Waals surface area contributed by atoms with Crippen molar-refractivity contribution in [1.29, 1.82) is 5.26 Å². The third-order valence-corrected chi connectivity index (χ3v) is 7.08. The Hall–Kier alpha value is -4.20. The quantitative estimate of drug-likeness (QED) is 0.116. The van der Waals surface area contributed by atoms with Gasteiger partial charge in [-0.15, -0.1) is 0 Å². The molecule has 0 radical (unpaired) electrons. The van der Waals surface area contributed by atoms with E-state index in [2.05, 4.69) is 4.90 Å². The van der Waals surface area contributed by atoms with E-state index in [1.165, 1.54) is 12.1 Å². The van der Waals surface area contributed by atoms with Crippen molar-refractivity contribution >= 4 is 17.4 Å². The van der Waals surface area contributed by atoms with Crippen molar-refractivity contribution in [3.63, 3.8) is 0 Å². The van der Waals surface area contributed by atoms with E-state index in [-0.39, 0.29) is 23.9 Å². The van der Waals surface area contributed by atoms with Crippen LogP contribution in [0, 0.1) is 17.1 Å². The molecule has 40 heavy (non-hydrogen) atoms. The van der Waals surface area contributed by atoms with Gasteiger partial charge in [0.05, 0.1) is 23.4 Å². The van der Waals surface area contributed by atoms with Crippen LogP contribution in [0.1, 0.15) is 50.5 Å². The maximum atomic E-state index is 14.8. The number of nitrogens with zero attached hydrogens (tertiary/aromatic N) is 3. The summed E-state index contributed by atoms with van der Waals surface area (Å²) in [5.74, 6) is 0.329. The number of hydroxylamine groups is 1. The smallest absolute Gasteiger partial charge is 0.243 e. The van der Waals surface area contributed by atoms with Gasteiger partial charge in [-0.3, -0.25) is 10.0 Å². The Labute approximate surface area is 233 Å². The van der Waals surface area contributed by atoms with Crippen LogP contribution in [0.25, 0.3) is 22.4 Å². The van der Waals surface area contributed by atoms with Crippen molar-refractivity contribution in [2.45, 2.75) is 51.0 Å². The van der Waals surface area contributed by atoms with Crippen molar-refractivity contribution in [3.05, 3.63) is 59.9 Å². The van der Waals surface area contributed by atoms with E-state index >= 15 is 0 Å². The zero-order valence-electron chi connectivity index (χ0n) is 22.4. The van der Waals surface area contributed by atoms with E-state index < -0.39 is 5.82 Å². The van der Waals surface area contributed by atoms with E-state index in [4.69, 9.17) is 26.4 Å². The second kappa shape index (κ2) is 13.7. The topological polar surface area (TPSA) is 151 Å². The lowest BCUT2D eigenvalue weighted by molar-refractivity contribution is -0.129. The maximum absolute atomic E-state index is 14.8. The SMILES string of the molecule is N#Cc1ccc(-c2nc(N3CCC(N)CC3)cc(OCCCCCCC(=O)NO)c2-c2ccc(N)cc2)cc1F. The molecule has 0 aliphatic carbocycles. The van der Waals surface area contributed by atoms with Gasteiger partial charge >= 0.3 is 0 Å². The van der Waals surface area contributed by atoms with Crippen molar-refractivity contribution in [2.24, 2.45) is 5.73 Å². The molecule has 4 rings (SSSR count). The van der Waals surface area contributed by atoms with Crippen LogP contribution in [0.5, 0.6) is 5.75 Å². The molecule has 1 aromatic heterocycles. The lowest BCUT2D eigenvalue weighted by Gasteiger charge is -2.32. The minimum absolute atomic E-state index is 0.0353. The van der Waals surface area contributed by atoms with Gasteiger partial charge in [-0.1, -0.05) is 31.0 Å². The first-order chi connectivity index (χ1) is 19.4. The molecule has 1 saturated heterocycles. The number of nitrogens with one attached hydrogen (secondary N) is 1. The number of aromatic nitrogens is 1. The Morgan fingerprint density at radius 2 is 1.80 bits per heavy atom. The number of nitriles is 1. The van der Waals surface area contributed by atoms with Crippen LogP contribution in [0.15, 0.2) is 48.5 Å². The highest BCUT2D eigenvalue weighted by molar-refractivity contribution is 5.87. The van der Waals surface area contributed by atoms with E-state index in [1.54, 1.807) is 23.7 Å². The first-order valence-electron chi connectivity index (χ1n) is 13.6. The fourth-order valence-electron chi connectivity index (χ4n) is 4.78. The number of hydrogen-bond acceptors (Lipinski definition) is 8. The highest BCUT2D eigenvalue weighted by Crippen LogP contribution is 2.41. The highest BCUT2D eigenvalue weighted by atomic mass is 19.1. The first-order valence-corrected chi connectivity index (χ1v) is 13.6. The number of rotatable bonds is 11. The van der Waals surface area contributed by atoms with E-state index in [0.29, 0.717) is 41.3 Å². The third kappa shape index (κ3) is 7.25. The number of benzene rings is 2. The van der Waals surface area contributed by atoms with Crippen molar-refractivity contribution in [2.75, 3.05) is 30.3 Å². The molecule has 0 unspecified atom stereocenters. The number of amides is 1. The van der Waals surface area contributed by atoms with E-state index in [0.717, 1.165) is 56.6 Å². The summed E-state index contributed by atoms with van der Waals surface area (Å²) in [4.78, 5) is 18.4. The van der Waals surface area contributed by atoms with Crippen LogP contribution in [-0.4, -0.2) is 41.8 Å². The summed E-state index contributed by atoms with van der Waals surface area (Å²) in [6, 6.07) is 15.8. The van der Waals surface area contributed by atoms with Gasteiger partial charge in [0, 0.05) is 42.9 Å². The molecule has 6 N–H and O–H groups in total. The molecule has 0 saturated carbocycles. The Morgan fingerprint density at radius 3 is 2.48 bits per heavy atom. The fraction of sp³-hybridized carbons (Fsp3) is 0.367. The number of anilines is 2. The highest BCUT2D eigenvalue weighted by Gasteiger charge is 2.23. The molecule has 3 aromatic rings. The molecule has 9 nitrogen and oxygen atoms in total. The molecule has 1 fully saturated rings. The monoisotopic (exact) mass is 546 g/mol. The van der Waals surface area contributed by atoms with Gasteiger partial charge in [0.25, 0.3) is 0 Å². The average Bonchev–Trinajstić information content (AvgIpc) is 2.97. The Balaban J connectivity index is 1.70. The van der Waals surface area contributed by atoms with Gasteiger partial charge in [0.1, 0.15) is 23.5 Å². The molecule has 0 atom stereocenters. The molecule has 1 aliphatic rings. The number of piperidine rings is 1. The van der Waals surface area contributed by atoms with Crippen molar-refractivity contribution in [3.8, 4) is 34.2 Å². The number of nitrogens with two attached hydrogens (primary N) is 2. The fourth-order valence-corrected chi connectivity index (χ4v) is 4.78. The zero-order valence-corrected chi connectivity index (χ0v) is 22.4. The number of pyridine rings is 1. The number of halogens is 1. The summed E-state index contributed by atoms with van der Waals surface area (Å²) in [6.07, 6.45) is 5.07. The first kappa shape index (κ1) is 28.8. The molecular weight excluding hydrogens is 511 g/mol. The lowest BCUT2D eigenvalue weighted by Crippen LogP contribution is -2.40. The molecule has 1 aliphatic heterocycles. The van der Waals surface area contributed by atoms with E-state index in [1.807, 2.05) is 24.3 Å². The number of nitrogen functional groups attached to an aromatic ring is 1. The number of hydrogen-bond donors (Lipinski definition) is 4. The molecule has 10 heteroatoms. The number of carbonyl (C=O) groups is 1. The molecule has 0 spiro atoms. The minimum atomic E-state index is -0.614. The standard InChI is InChI=1S/C30H35FN6O3/c31-25-17-21(6-7-22(25)19-32)30-29(20-8-10-23(33)11-9-20)26(40-16-4-2-1-3-5-28(38)36-39)18-27(35-30)37-14-12-24(34)13-15-37/h6-11,17-18,24,39H,1-5,12-16,33-34H2,(H,36,38). The van der Waals surface area contributed by atoms with Gasteiger partial charge in [-0.05, 0) is 55.5 Å². The lowest BCUT2D eigenvalue weighted by atomic mass is 9.96. The molecule has 210 valence electrons. The van der Waals surface area contributed by atoms with Crippen LogP contribution in [-0.2, 0) is 4.79 Å². The summed E-state index contributed by atoms with van der Waals surface area (Å²) < 4.78 is 21.2. The summed E-state index contributed by atoms with van der Waals surface area (Å²) >= 11 is 0. The third-order valence-electron chi connectivity index (χ3n) is 7.08. The van der Waals surface area contributed by atoms with Gasteiger partial charge in [0.15, 0.2) is 0 Å². The zero-order chi connectivity index (χ0) is 28.5. The molecule has 2 heterocycles. The predicted octanol–water partition coefficient (Wildman–Crippen LogP) is 4.77. The van der Waals surface area contributed by atoms with Crippen LogP contribution in [0.4, 0.5) is 15.9 Å². The van der Waals surface area contributed by atoms with Gasteiger partial charge in [-0.2, -0.15) is 5.26 Å². The number of carbonyl (C=O) groups excluding carboxylic acids is 1. The van der Waals surface area contributed by atoms with Crippen molar-refractivity contribution in [1.82, 2.24) is 10.5 Å². The number of ether oxygens (including phenoxy) is 1. The molecular formula is C30H35FN6O3. The second-order valence-corrected chi connectivity index (χ2v) is 10.0. The summed E-state index contributed by atoms with van der Waals surface area (Å²) in [6.45, 7) is 1.93. The van der Waals surface area contributed by atoms with Gasteiger partial charge in [0.2, 0.25) is 5.91 Å². The van der Waals surface area contributed by atoms with Crippen LogP contribution >= 0.6 is 0 Å².